The van der Waals surface area contributed by atoms with E-state index in [0.717, 1.165) is 5.56 Å². The summed E-state index contributed by atoms with van der Waals surface area (Å²) in [7, 11) is 0. The molecule has 0 bridgehead atoms. The molecule has 1 atom stereocenters. The van der Waals surface area contributed by atoms with Gasteiger partial charge in [-0.3, -0.25) is 4.79 Å². The van der Waals surface area contributed by atoms with E-state index in [1.54, 1.807) is 24.3 Å². The third-order valence-corrected chi connectivity index (χ3v) is 3.79. The zero-order valence-electron chi connectivity index (χ0n) is 14.2. The summed E-state index contributed by atoms with van der Waals surface area (Å²) < 4.78 is 16.4. The number of ketones is 1. The fourth-order valence-electron chi connectivity index (χ4n) is 2.47. The third kappa shape index (κ3) is 4.03. The van der Waals surface area contributed by atoms with Crippen LogP contribution < -0.4 is 14.2 Å². The molecule has 1 aliphatic heterocycles. The number of hydrogen-bond acceptors (Lipinski definition) is 5. The summed E-state index contributed by atoms with van der Waals surface area (Å²) in [6.07, 6.45) is 2.11. The first-order valence-electron chi connectivity index (χ1n) is 8.15. The minimum atomic E-state index is -1.07. The lowest BCUT2D eigenvalue weighted by molar-refractivity contribution is -0.144. The van der Waals surface area contributed by atoms with Crippen molar-refractivity contribution in [3.05, 3.63) is 59.7 Å². The van der Waals surface area contributed by atoms with Crippen LogP contribution in [0.3, 0.4) is 0 Å². The highest BCUT2D eigenvalue weighted by molar-refractivity contribution is 6.07. The van der Waals surface area contributed by atoms with Gasteiger partial charge in [0.2, 0.25) is 0 Å². The summed E-state index contributed by atoms with van der Waals surface area (Å²) in [6.45, 7) is 2.39. The first kappa shape index (κ1) is 17.5. The number of allylic oxidation sites excluding steroid dienone is 1. The smallest absolute Gasteiger partial charge is 0.344 e. The Morgan fingerprint density at radius 1 is 1.15 bits per heavy atom. The van der Waals surface area contributed by atoms with Crippen molar-refractivity contribution in [1.82, 2.24) is 0 Å². The van der Waals surface area contributed by atoms with Crippen molar-refractivity contribution < 1.29 is 28.9 Å². The SMILES string of the molecule is C[C@H](Oc1cccc(C(=O)/C=C\c2cccc3c2OCCO3)c1)C(=O)O. The average Bonchev–Trinajstić information content (AvgIpc) is 2.66. The van der Waals surface area contributed by atoms with Gasteiger partial charge in [-0.2, -0.15) is 0 Å². The highest BCUT2D eigenvalue weighted by Gasteiger charge is 2.15. The van der Waals surface area contributed by atoms with E-state index in [2.05, 4.69) is 0 Å². The molecule has 1 N–H and O–H groups in total. The fraction of sp³-hybridized carbons (Fsp3) is 0.200. The number of rotatable bonds is 6. The normalized spacial score (nSPS) is 14.0. The molecule has 1 heterocycles. The number of para-hydroxylation sites is 1. The molecule has 0 saturated heterocycles. The van der Waals surface area contributed by atoms with Crippen LogP contribution in [0.4, 0.5) is 0 Å². The van der Waals surface area contributed by atoms with Crippen molar-refractivity contribution in [1.29, 1.82) is 0 Å². The zero-order chi connectivity index (χ0) is 18.5. The van der Waals surface area contributed by atoms with E-state index in [1.165, 1.54) is 19.1 Å². The van der Waals surface area contributed by atoms with Crippen molar-refractivity contribution in [3.8, 4) is 17.2 Å². The van der Waals surface area contributed by atoms with Gasteiger partial charge in [0.15, 0.2) is 23.4 Å². The molecule has 2 aromatic carbocycles. The van der Waals surface area contributed by atoms with E-state index in [-0.39, 0.29) is 5.78 Å². The molecule has 134 valence electrons. The summed E-state index contributed by atoms with van der Waals surface area (Å²) in [5, 5.41) is 8.90. The van der Waals surface area contributed by atoms with Crippen LogP contribution in [0.15, 0.2) is 48.5 Å². The van der Waals surface area contributed by atoms with Gasteiger partial charge in [0.05, 0.1) is 0 Å². The molecule has 0 unspecified atom stereocenters. The molecule has 0 aromatic heterocycles. The van der Waals surface area contributed by atoms with Crippen LogP contribution in [0.2, 0.25) is 0 Å². The molecule has 0 fully saturated rings. The number of ether oxygens (including phenoxy) is 3. The van der Waals surface area contributed by atoms with Crippen LogP contribution in [-0.4, -0.2) is 36.2 Å². The monoisotopic (exact) mass is 354 g/mol. The van der Waals surface area contributed by atoms with Crippen molar-refractivity contribution in [2.24, 2.45) is 0 Å². The van der Waals surface area contributed by atoms with Gasteiger partial charge >= 0.3 is 5.97 Å². The van der Waals surface area contributed by atoms with Crippen molar-refractivity contribution >= 4 is 17.8 Å². The Hall–Kier alpha value is -3.28. The number of fused-ring (bicyclic) bond motifs is 1. The minimum Gasteiger partial charge on any atom is -0.486 e. The van der Waals surface area contributed by atoms with Crippen LogP contribution in [0, 0.1) is 0 Å². The van der Waals surface area contributed by atoms with Crippen LogP contribution in [-0.2, 0) is 4.79 Å². The number of hydrogen-bond donors (Lipinski definition) is 1. The van der Waals surface area contributed by atoms with Crippen LogP contribution in [0.5, 0.6) is 17.2 Å². The standard InChI is InChI=1S/C20H18O6/c1-13(20(22)23)26-16-6-2-5-15(12-16)17(21)9-8-14-4-3-7-18-19(14)25-11-10-24-18/h2-9,12-13H,10-11H2,1H3,(H,22,23)/b9-8-/t13-/m0/s1. The number of benzene rings is 2. The quantitative estimate of drug-likeness (QED) is 0.634. The molecule has 0 radical (unpaired) electrons. The van der Waals surface area contributed by atoms with E-state index in [1.807, 2.05) is 18.2 Å². The van der Waals surface area contributed by atoms with Gasteiger partial charge in [0, 0.05) is 11.1 Å². The number of carboxylic acid groups (broad SMARTS) is 1. The summed E-state index contributed by atoms with van der Waals surface area (Å²) >= 11 is 0. The maximum Gasteiger partial charge on any atom is 0.344 e. The molecular formula is C20H18O6. The molecule has 6 nitrogen and oxygen atoms in total. The first-order chi connectivity index (χ1) is 12.5. The van der Waals surface area contributed by atoms with E-state index >= 15 is 0 Å². The Balaban J connectivity index is 1.76. The Labute approximate surface area is 150 Å². The molecule has 0 spiro atoms. The van der Waals surface area contributed by atoms with Gasteiger partial charge in [-0.1, -0.05) is 24.3 Å². The lowest BCUT2D eigenvalue weighted by Gasteiger charge is -2.19. The number of carbonyl (C=O) groups excluding carboxylic acids is 1. The summed E-state index contributed by atoms with van der Waals surface area (Å²) in [5.41, 5.74) is 1.15. The zero-order valence-corrected chi connectivity index (χ0v) is 14.2. The first-order valence-corrected chi connectivity index (χ1v) is 8.15. The second kappa shape index (κ2) is 7.74. The molecule has 0 amide bonds. The lowest BCUT2D eigenvalue weighted by Crippen LogP contribution is -2.22. The van der Waals surface area contributed by atoms with Gasteiger partial charge < -0.3 is 19.3 Å². The number of carboxylic acids is 1. The molecule has 3 rings (SSSR count). The van der Waals surface area contributed by atoms with Crippen LogP contribution in [0.1, 0.15) is 22.8 Å². The Bertz CT molecular complexity index is 855. The van der Waals surface area contributed by atoms with Gasteiger partial charge in [0.1, 0.15) is 19.0 Å². The topological polar surface area (TPSA) is 82.1 Å². The summed E-state index contributed by atoms with van der Waals surface area (Å²) in [6, 6.07) is 11.9. The average molecular weight is 354 g/mol. The molecule has 0 saturated carbocycles. The Morgan fingerprint density at radius 2 is 1.92 bits per heavy atom. The fourth-order valence-corrected chi connectivity index (χ4v) is 2.47. The summed E-state index contributed by atoms with van der Waals surface area (Å²) in [4.78, 5) is 23.3. The van der Waals surface area contributed by atoms with Crippen LogP contribution in [0.25, 0.3) is 6.08 Å². The second-order valence-electron chi connectivity index (χ2n) is 5.70. The van der Waals surface area contributed by atoms with Crippen molar-refractivity contribution in [3.63, 3.8) is 0 Å². The Morgan fingerprint density at radius 3 is 2.73 bits per heavy atom. The highest BCUT2D eigenvalue weighted by atomic mass is 16.6. The lowest BCUT2D eigenvalue weighted by atomic mass is 10.1. The van der Waals surface area contributed by atoms with E-state index in [0.29, 0.717) is 36.0 Å². The van der Waals surface area contributed by atoms with Gasteiger partial charge in [-0.05, 0) is 37.3 Å². The van der Waals surface area contributed by atoms with Crippen molar-refractivity contribution in [2.75, 3.05) is 13.2 Å². The predicted octanol–water partition coefficient (Wildman–Crippen LogP) is 3.21. The van der Waals surface area contributed by atoms with E-state index in [4.69, 9.17) is 19.3 Å². The van der Waals surface area contributed by atoms with Crippen LogP contribution >= 0.6 is 0 Å². The molecule has 0 aliphatic carbocycles. The van der Waals surface area contributed by atoms with E-state index < -0.39 is 12.1 Å². The molecular weight excluding hydrogens is 336 g/mol. The molecule has 6 heteroatoms. The number of carbonyl (C=O) groups is 2. The number of aliphatic carboxylic acids is 1. The largest absolute Gasteiger partial charge is 0.486 e. The van der Waals surface area contributed by atoms with Gasteiger partial charge in [0.25, 0.3) is 0 Å². The molecule has 26 heavy (non-hydrogen) atoms. The minimum absolute atomic E-state index is 0.229. The van der Waals surface area contributed by atoms with E-state index in [9.17, 15) is 9.59 Å². The van der Waals surface area contributed by atoms with Gasteiger partial charge in [-0.25, -0.2) is 4.79 Å². The highest BCUT2D eigenvalue weighted by Crippen LogP contribution is 2.34. The molecule has 1 aliphatic rings. The maximum absolute atomic E-state index is 12.4. The second-order valence-corrected chi connectivity index (χ2v) is 5.70. The van der Waals surface area contributed by atoms with Gasteiger partial charge in [-0.15, -0.1) is 0 Å². The summed E-state index contributed by atoms with van der Waals surface area (Å²) in [5.74, 6) is 0.303. The molecule has 2 aromatic rings. The van der Waals surface area contributed by atoms with Crippen molar-refractivity contribution in [2.45, 2.75) is 13.0 Å². The maximum atomic E-state index is 12.4. The predicted molar refractivity (Wildman–Crippen MR) is 95.0 cm³/mol. The Kier molecular flexibility index (Phi) is 5.22. The third-order valence-electron chi connectivity index (χ3n) is 3.79.